The van der Waals surface area contributed by atoms with E-state index in [1.807, 2.05) is 24.3 Å². The number of amides is 1. The molecule has 1 amide bonds. The minimum Gasteiger partial charge on any atom is -0.392 e. The van der Waals surface area contributed by atoms with Gasteiger partial charge in [0.15, 0.2) is 20.7 Å². The third kappa shape index (κ3) is 5.28. The van der Waals surface area contributed by atoms with Crippen LogP contribution in [0.5, 0.6) is 0 Å². The summed E-state index contributed by atoms with van der Waals surface area (Å²) in [4.78, 5) is 23.3. The van der Waals surface area contributed by atoms with Gasteiger partial charge >= 0.3 is 0 Å². The van der Waals surface area contributed by atoms with Crippen LogP contribution in [-0.2, 0) is 19.5 Å². The molecule has 1 N–H and O–H groups in total. The molecule has 0 atom stereocenters. The predicted octanol–water partition coefficient (Wildman–Crippen LogP) is 5.05. The average Bonchev–Trinajstić information content (AvgIpc) is 3.16. The number of benzene rings is 2. The smallest absolute Gasteiger partial charge is 0.280 e. The van der Waals surface area contributed by atoms with E-state index in [1.54, 1.807) is 0 Å². The second-order valence-electron chi connectivity index (χ2n) is 7.66. The zero-order valence-corrected chi connectivity index (χ0v) is 19.8. The first-order valence-electron chi connectivity index (χ1n) is 10.2. The molecule has 1 fully saturated rings. The lowest BCUT2D eigenvalue weighted by Crippen LogP contribution is -2.25. The topological polar surface area (TPSA) is 97.7 Å². The van der Waals surface area contributed by atoms with Gasteiger partial charge in [0.25, 0.3) is 5.91 Å². The number of aromatic nitrogens is 1. The molecule has 10 heteroatoms. The van der Waals surface area contributed by atoms with Crippen LogP contribution in [0.4, 0.5) is 5.13 Å². The first-order chi connectivity index (χ1) is 15.3. The number of hydrogen-bond acceptors (Lipinski definition) is 7. The van der Waals surface area contributed by atoms with E-state index < -0.39 is 15.7 Å². The predicted molar refractivity (Wildman–Crippen MR) is 127 cm³/mol. The Balaban J connectivity index is 1.64. The SMILES string of the molecule is CS(=O)(=O)c1ccc(C(=NOC2CCCCC2)C(=O)Nc2nc3ccccc3s2)cc1Cl. The number of fused-ring (bicyclic) bond motifs is 1. The molecule has 0 unspecified atom stereocenters. The molecule has 3 aromatic rings. The van der Waals surface area contributed by atoms with Gasteiger partial charge in [0.2, 0.25) is 0 Å². The molecule has 1 aliphatic rings. The third-order valence-corrected chi connectivity index (χ3v) is 7.71. The molecule has 0 radical (unpaired) electrons. The molecule has 0 spiro atoms. The number of nitrogens with zero attached hydrogens (tertiary/aromatic N) is 2. The molecule has 168 valence electrons. The summed E-state index contributed by atoms with van der Waals surface area (Å²) < 4.78 is 24.7. The number of thiazole rings is 1. The van der Waals surface area contributed by atoms with E-state index in [2.05, 4.69) is 15.5 Å². The minimum absolute atomic E-state index is 0.0109. The molecule has 1 saturated carbocycles. The lowest BCUT2D eigenvalue weighted by atomic mass is 9.98. The van der Waals surface area contributed by atoms with Crippen molar-refractivity contribution in [1.82, 2.24) is 4.98 Å². The number of carbonyl (C=O) groups is 1. The van der Waals surface area contributed by atoms with E-state index in [0.717, 1.165) is 48.6 Å². The molecule has 1 heterocycles. The van der Waals surface area contributed by atoms with Gasteiger partial charge in [0, 0.05) is 11.8 Å². The summed E-state index contributed by atoms with van der Waals surface area (Å²) in [6, 6.07) is 11.9. The Bertz CT molecular complexity index is 1250. The highest BCUT2D eigenvalue weighted by molar-refractivity contribution is 7.90. The van der Waals surface area contributed by atoms with Crippen LogP contribution in [-0.4, -0.2) is 37.4 Å². The molecule has 7 nitrogen and oxygen atoms in total. The molecule has 0 aliphatic heterocycles. The van der Waals surface area contributed by atoms with Crippen LogP contribution in [0.25, 0.3) is 10.2 Å². The maximum Gasteiger partial charge on any atom is 0.280 e. The zero-order chi connectivity index (χ0) is 22.7. The highest BCUT2D eigenvalue weighted by atomic mass is 35.5. The number of para-hydroxylation sites is 1. The summed E-state index contributed by atoms with van der Waals surface area (Å²) in [5, 5.41) is 7.40. The maximum absolute atomic E-state index is 13.1. The Morgan fingerprint density at radius 1 is 1.19 bits per heavy atom. The van der Waals surface area contributed by atoms with Crippen LogP contribution in [0.1, 0.15) is 37.7 Å². The van der Waals surface area contributed by atoms with E-state index in [0.29, 0.717) is 10.7 Å². The number of sulfone groups is 1. The lowest BCUT2D eigenvalue weighted by molar-refractivity contribution is -0.110. The quantitative estimate of drug-likeness (QED) is 0.384. The Labute approximate surface area is 195 Å². The summed E-state index contributed by atoms with van der Waals surface area (Å²) in [6.07, 6.45) is 6.06. The Morgan fingerprint density at radius 2 is 1.94 bits per heavy atom. The lowest BCUT2D eigenvalue weighted by Gasteiger charge is -2.20. The molecule has 1 aromatic heterocycles. The van der Waals surface area contributed by atoms with E-state index >= 15 is 0 Å². The van der Waals surface area contributed by atoms with Crippen LogP contribution in [0.3, 0.4) is 0 Å². The van der Waals surface area contributed by atoms with Crippen LogP contribution in [0.15, 0.2) is 52.5 Å². The van der Waals surface area contributed by atoms with Crippen LogP contribution < -0.4 is 5.32 Å². The van der Waals surface area contributed by atoms with E-state index in [9.17, 15) is 13.2 Å². The molecule has 2 aromatic carbocycles. The van der Waals surface area contributed by atoms with Crippen molar-refractivity contribution in [2.75, 3.05) is 11.6 Å². The standard InChI is InChI=1S/C22H22ClN3O4S2/c1-32(28,29)19-12-11-14(13-16(19)23)20(26-30-15-7-3-2-4-8-15)21(27)25-22-24-17-9-5-6-10-18(17)31-22/h5-6,9-13,15H,2-4,7-8H2,1H3,(H,24,25,27). The first kappa shape index (κ1) is 22.7. The second kappa shape index (κ2) is 9.56. The number of oxime groups is 1. The zero-order valence-electron chi connectivity index (χ0n) is 17.4. The van der Waals surface area contributed by atoms with Crippen LogP contribution in [0, 0.1) is 0 Å². The van der Waals surface area contributed by atoms with Crippen LogP contribution >= 0.6 is 22.9 Å². The van der Waals surface area contributed by atoms with Crippen LogP contribution in [0.2, 0.25) is 5.02 Å². The third-order valence-electron chi connectivity index (χ3n) is 5.18. The number of halogens is 1. The number of nitrogens with one attached hydrogen (secondary N) is 1. The molecular formula is C22H22ClN3O4S2. The molecule has 0 bridgehead atoms. The maximum atomic E-state index is 13.1. The number of carbonyl (C=O) groups excluding carboxylic acids is 1. The summed E-state index contributed by atoms with van der Waals surface area (Å²) in [7, 11) is -3.50. The van der Waals surface area contributed by atoms with Gasteiger partial charge in [0.05, 0.1) is 20.1 Å². The van der Waals surface area contributed by atoms with E-state index in [1.165, 1.54) is 29.5 Å². The van der Waals surface area contributed by atoms with Gasteiger partial charge in [-0.15, -0.1) is 0 Å². The Morgan fingerprint density at radius 3 is 2.62 bits per heavy atom. The normalized spacial score (nSPS) is 15.6. The largest absolute Gasteiger partial charge is 0.392 e. The molecule has 0 saturated heterocycles. The van der Waals surface area contributed by atoms with Gasteiger partial charge < -0.3 is 4.84 Å². The fourth-order valence-electron chi connectivity index (χ4n) is 3.55. The Hall–Kier alpha value is -2.49. The van der Waals surface area contributed by atoms with Crippen molar-refractivity contribution < 1.29 is 18.0 Å². The van der Waals surface area contributed by atoms with Gasteiger partial charge in [-0.3, -0.25) is 10.1 Å². The molecule has 1 aliphatic carbocycles. The number of hydrogen-bond donors (Lipinski definition) is 1. The highest BCUT2D eigenvalue weighted by Crippen LogP contribution is 2.27. The summed E-state index contributed by atoms with van der Waals surface area (Å²) in [5.74, 6) is -0.511. The molecular weight excluding hydrogens is 470 g/mol. The van der Waals surface area contributed by atoms with Crippen molar-refractivity contribution in [1.29, 1.82) is 0 Å². The van der Waals surface area contributed by atoms with Gasteiger partial charge in [-0.1, -0.05) is 52.7 Å². The fraction of sp³-hybridized carbons (Fsp3) is 0.318. The summed E-state index contributed by atoms with van der Waals surface area (Å²) in [5.41, 5.74) is 1.15. The monoisotopic (exact) mass is 491 g/mol. The van der Waals surface area contributed by atoms with Crippen molar-refractivity contribution in [2.24, 2.45) is 5.16 Å². The molecule has 4 rings (SSSR count). The van der Waals surface area contributed by atoms with Gasteiger partial charge in [-0.25, -0.2) is 13.4 Å². The molecule has 32 heavy (non-hydrogen) atoms. The first-order valence-corrected chi connectivity index (χ1v) is 13.3. The Kier molecular flexibility index (Phi) is 6.78. The van der Waals surface area contributed by atoms with Crippen molar-refractivity contribution in [2.45, 2.75) is 43.1 Å². The summed E-state index contributed by atoms with van der Waals surface area (Å²) in [6.45, 7) is 0. The number of anilines is 1. The van der Waals surface area contributed by atoms with Crippen molar-refractivity contribution in [3.05, 3.63) is 53.1 Å². The van der Waals surface area contributed by atoms with E-state index in [4.69, 9.17) is 16.4 Å². The number of rotatable bonds is 6. The minimum atomic E-state index is -3.50. The average molecular weight is 492 g/mol. The summed E-state index contributed by atoms with van der Waals surface area (Å²) >= 11 is 7.56. The van der Waals surface area contributed by atoms with Gasteiger partial charge in [-0.05, 0) is 49.9 Å². The van der Waals surface area contributed by atoms with Crippen molar-refractivity contribution in [3.8, 4) is 0 Å². The second-order valence-corrected chi connectivity index (χ2v) is 11.1. The van der Waals surface area contributed by atoms with Crippen molar-refractivity contribution >= 4 is 59.7 Å². The van der Waals surface area contributed by atoms with Gasteiger partial charge in [0.1, 0.15) is 6.10 Å². The van der Waals surface area contributed by atoms with Gasteiger partial charge in [-0.2, -0.15) is 0 Å². The fourth-order valence-corrected chi connectivity index (χ4v) is 5.74. The van der Waals surface area contributed by atoms with E-state index in [-0.39, 0.29) is 21.7 Å². The van der Waals surface area contributed by atoms with Crippen molar-refractivity contribution in [3.63, 3.8) is 0 Å². The highest BCUT2D eigenvalue weighted by Gasteiger charge is 2.22.